The van der Waals surface area contributed by atoms with Gasteiger partial charge in [0, 0.05) is 43.4 Å². The molecule has 1 aliphatic rings. The maximum absolute atomic E-state index is 10.6. The van der Waals surface area contributed by atoms with E-state index in [1.165, 1.54) is 17.9 Å². The molecule has 1 amide bonds. The van der Waals surface area contributed by atoms with E-state index >= 15 is 0 Å². The predicted octanol–water partition coefficient (Wildman–Crippen LogP) is 2.33. The summed E-state index contributed by atoms with van der Waals surface area (Å²) >= 11 is 6.02. The Balaban J connectivity index is 0.00000220. The molecule has 126 valence electrons. The van der Waals surface area contributed by atoms with Gasteiger partial charge in [-0.05, 0) is 18.2 Å². The van der Waals surface area contributed by atoms with E-state index in [2.05, 4.69) is 15.9 Å². The minimum Gasteiger partial charge on any atom is -0.369 e. The highest BCUT2D eigenvalue weighted by Crippen LogP contribution is 2.20. The van der Waals surface area contributed by atoms with Crippen LogP contribution < -0.4 is 4.90 Å². The highest BCUT2D eigenvalue weighted by Gasteiger charge is 2.17. The van der Waals surface area contributed by atoms with Gasteiger partial charge in [0.25, 0.3) is 0 Å². The molecule has 0 N–H and O–H groups in total. The summed E-state index contributed by atoms with van der Waals surface area (Å²) in [5, 5.41) is 2.08. The first-order valence-corrected chi connectivity index (χ1v) is 7.09. The van der Waals surface area contributed by atoms with Crippen molar-refractivity contribution < 1.29 is 9.63 Å². The quantitative estimate of drug-likeness (QED) is 0.569. The molecule has 5 nitrogen and oxygen atoms in total. The summed E-state index contributed by atoms with van der Waals surface area (Å²) in [4.78, 5) is 20.2. The lowest BCUT2D eigenvalue weighted by atomic mass is 10.2. The number of amides is 1. The second kappa shape index (κ2) is 10.9. The van der Waals surface area contributed by atoms with Crippen molar-refractivity contribution in [2.45, 2.75) is 0 Å². The second-order valence-corrected chi connectivity index (χ2v) is 5.17. The summed E-state index contributed by atoms with van der Waals surface area (Å²) in [6.45, 7) is 5.31. The van der Waals surface area contributed by atoms with E-state index in [1.807, 2.05) is 18.2 Å². The van der Waals surface area contributed by atoms with Crippen LogP contribution in [0.15, 0.2) is 24.3 Å². The molecule has 0 spiro atoms. The van der Waals surface area contributed by atoms with Gasteiger partial charge in [-0.15, -0.1) is 24.8 Å². The normalized spacial score (nSPS) is 14.7. The summed E-state index contributed by atoms with van der Waals surface area (Å²) in [5.41, 5.74) is 1.17. The Morgan fingerprint density at radius 2 is 1.95 bits per heavy atom. The fraction of sp³-hybridized carbons (Fsp3) is 0.500. The summed E-state index contributed by atoms with van der Waals surface area (Å²) in [5.74, 6) is 0. The first-order chi connectivity index (χ1) is 9.72. The minimum atomic E-state index is 0. The van der Waals surface area contributed by atoms with Crippen LogP contribution in [-0.4, -0.2) is 62.8 Å². The van der Waals surface area contributed by atoms with Crippen molar-refractivity contribution in [3.05, 3.63) is 29.3 Å². The van der Waals surface area contributed by atoms with Gasteiger partial charge in [-0.2, -0.15) is 0 Å². The molecular weight excluding hydrogens is 349 g/mol. The molecule has 0 unspecified atom stereocenters. The fourth-order valence-electron chi connectivity index (χ4n) is 2.33. The number of carbonyl (C=O) groups excluding carboxylic acids is 1. The van der Waals surface area contributed by atoms with Gasteiger partial charge in [0.05, 0.1) is 13.7 Å². The fourth-order valence-corrected chi connectivity index (χ4v) is 2.51. The molecule has 0 bridgehead atoms. The molecule has 1 aromatic rings. The maximum Gasteiger partial charge on any atom is 0.233 e. The van der Waals surface area contributed by atoms with E-state index in [0.29, 0.717) is 13.0 Å². The summed E-state index contributed by atoms with van der Waals surface area (Å²) < 4.78 is 0. The Labute approximate surface area is 148 Å². The Kier molecular flexibility index (Phi) is 10.6. The van der Waals surface area contributed by atoms with E-state index in [1.54, 1.807) is 0 Å². The van der Waals surface area contributed by atoms with Crippen molar-refractivity contribution in [1.82, 2.24) is 9.96 Å². The van der Waals surface area contributed by atoms with Gasteiger partial charge in [0.2, 0.25) is 6.41 Å². The molecule has 0 atom stereocenters. The molecule has 1 fully saturated rings. The Morgan fingerprint density at radius 1 is 1.27 bits per heavy atom. The van der Waals surface area contributed by atoms with E-state index in [4.69, 9.17) is 16.4 Å². The van der Waals surface area contributed by atoms with E-state index in [9.17, 15) is 4.79 Å². The lowest BCUT2D eigenvalue weighted by molar-refractivity contribution is -0.161. The van der Waals surface area contributed by atoms with Crippen molar-refractivity contribution >= 4 is 48.5 Å². The van der Waals surface area contributed by atoms with Crippen LogP contribution in [0.1, 0.15) is 0 Å². The minimum absolute atomic E-state index is 0. The largest absolute Gasteiger partial charge is 0.369 e. The van der Waals surface area contributed by atoms with E-state index in [-0.39, 0.29) is 24.8 Å². The van der Waals surface area contributed by atoms with Crippen LogP contribution in [0.4, 0.5) is 5.69 Å². The number of carbonyl (C=O) groups is 1. The Morgan fingerprint density at radius 3 is 2.50 bits per heavy atom. The van der Waals surface area contributed by atoms with Crippen molar-refractivity contribution in [2.24, 2.45) is 0 Å². The van der Waals surface area contributed by atoms with Gasteiger partial charge >= 0.3 is 0 Å². The number of anilines is 1. The Bertz CT molecular complexity index is 443. The average Bonchev–Trinajstić information content (AvgIpc) is 2.49. The average molecular weight is 371 g/mol. The van der Waals surface area contributed by atoms with Gasteiger partial charge in [-0.1, -0.05) is 17.7 Å². The molecule has 1 heterocycles. The zero-order valence-corrected chi connectivity index (χ0v) is 14.9. The van der Waals surface area contributed by atoms with Gasteiger partial charge in [-0.25, -0.2) is 5.06 Å². The molecule has 8 heteroatoms. The van der Waals surface area contributed by atoms with Gasteiger partial charge < -0.3 is 4.90 Å². The molecule has 2 rings (SSSR count). The molecule has 0 aromatic heterocycles. The first kappa shape index (κ1) is 21.3. The third-order valence-corrected chi connectivity index (χ3v) is 3.77. The zero-order chi connectivity index (χ0) is 14.4. The summed E-state index contributed by atoms with van der Waals surface area (Å²) in [6.07, 6.45) is 0.711. The van der Waals surface area contributed by atoms with Crippen molar-refractivity contribution in [1.29, 1.82) is 0 Å². The number of halogens is 3. The topological polar surface area (TPSA) is 36.0 Å². The third-order valence-electron chi connectivity index (χ3n) is 3.53. The number of hydrogen-bond donors (Lipinski definition) is 0. The van der Waals surface area contributed by atoms with Crippen LogP contribution in [0.25, 0.3) is 0 Å². The molecule has 0 radical (unpaired) electrons. The summed E-state index contributed by atoms with van der Waals surface area (Å²) in [7, 11) is 1.51. The van der Waals surface area contributed by atoms with Crippen molar-refractivity contribution in [3.63, 3.8) is 0 Å². The number of hydroxylamine groups is 2. The molecule has 1 aromatic carbocycles. The Hall–Kier alpha value is -0.720. The number of rotatable bonds is 6. The molecule has 0 saturated carbocycles. The predicted molar refractivity (Wildman–Crippen MR) is 94.4 cm³/mol. The standard InChI is InChI=1S/C14H20ClN3O2.2ClH/c1-20-18(12-19)10-7-16-5-8-17(9-6-16)14-4-2-3-13(15)11-14;;/h2-4,11-12H,5-10H2,1H3;2*1H. The molecule has 1 saturated heterocycles. The molecular formula is C14H22Cl3N3O2. The van der Waals surface area contributed by atoms with Gasteiger partial charge in [0.15, 0.2) is 0 Å². The van der Waals surface area contributed by atoms with Crippen LogP contribution in [0.2, 0.25) is 5.02 Å². The number of benzene rings is 1. The highest BCUT2D eigenvalue weighted by atomic mass is 35.5. The van der Waals surface area contributed by atoms with Crippen LogP contribution in [-0.2, 0) is 9.63 Å². The van der Waals surface area contributed by atoms with E-state index in [0.717, 1.165) is 37.7 Å². The molecule has 1 aliphatic heterocycles. The van der Waals surface area contributed by atoms with Crippen LogP contribution in [0.5, 0.6) is 0 Å². The van der Waals surface area contributed by atoms with Crippen LogP contribution in [0.3, 0.4) is 0 Å². The second-order valence-electron chi connectivity index (χ2n) is 4.74. The molecule has 22 heavy (non-hydrogen) atoms. The zero-order valence-electron chi connectivity index (χ0n) is 12.5. The van der Waals surface area contributed by atoms with E-state index < -0.39 is 0 Å². The van der Waals surface area contributed by atoms with Crippen LogP contribution in [0, 0.1) is 0 Å². The highest BCUT2D eigenvalue weighted by molar-refractivity contribution is 6.30. The SMILES string of the molecule is CON(C=O)CCN1CCN(c2cccc(Cl)c2)CC1.Cl.Cl. The summed E-state index contributed by atoms with van der Waals surface area (Å²) in [6, 6.07) is 7.95. The van der Waals surface area contributed by atoms with Crippen molar-refractivity contribution in [3.8, 4) is 0 Å². The number of piperazine rings is 1. The van der Waals surface area contributed by atoms with Gasteiger partial charge in [0.1, 0.15) is 0 Å². The lowest BCUT2D eigenvalue weighted by Gasteiger charge is -2.36. The van der Waals surface area contributed by atoms with Crippen LogP contribution >= 0.6 is 36.4 Å². The van der Waals surface area contributed by atoms with Crippen molar-refractivity contribution in [2.75, 3.05) is 51.3 Å². The van der Waals surface area contributed by atoms with Gasteiger partial charge in [-0.3, -0.25) is 14.5 Å². The lowest BCUT2D eigenvalue weighted by Crippen LogP contribution is -2.48. The molecule has 0 aliphatic carbocycles. The number of hydrogen-bond acceptors (Lipinski definition) is 4. The monoisotopic (exact) mass is 369 g/mol. The maximum atomic E-state index is 10.6. The smallest absolute Gasteiger partial charge is 0.233 e. The number of nitrogens with zero attached hydrogens (tertiary/aromatic N) is 3. The third kappa shape index (κ3) is 6.18. The first-order valence-electron chi connectivity index (χ1n) is 6.72.